The van der Waals surface area contributed by atoms with E-state index in [1.54, 1.807) is 12.2 Å². The van der Waals surface area contributed by atoms with Crippen molar-refractivity contribution in [2.75, 3.05) is 40.9 Å². The number of allylic oxidation sites excluding steroid dienone is 3. The van der Waals surface area contributed by atoms with Gasteiger partial charge in [0.05, 0.1) is 39.9 Å². The van der Waals surface area contributed by atoms with Crippen molar-refractivity contribution < 1.29 is 32.9 Å². The zero-order chi connectivity index (χ0) is 41.4. The number of aliphatic hydroxyl groups excluding tert-OH is 1. The predicted molar refractivity (Wildman–Crippen MR) is 240 cm³/mol. The minimum absolute atomic E-state index is 0.0554. The van der Waals surface area contributed by atoms with Crippen LogP contribution in [0.15, 0.2) is 24.3 Å². The Balaban J connectivity index is 4.22. The zero-order valence-corrected chi connectivity index (χ0v) is 38.5. The summed E-state index contributed by atoms with van der Waals surface area (Å²) in [4.78, 5) is 23.1. The third-order valence-electron chi connectivity index (χ3n) is 10.7. The van der Waals surface area contributed by atoms with Crippen LogP contribution in [0, 0.1) is 0 Å². The van der Waals surface area contributed by atoms with Gasteiger partial charge in [-0.25, -0.2) is 4.57 Å². The lowest BCUT2D eigenvalue weighted by Gasteiger charge is -2.25. The normalized spacial score (nSPS) is 14.5. The molecule has 3 atom stereocenters. The standard InChI is InChI=1S/C47H93N2O6P/c1-6-8-10-12-14-16-18-19-20-21-22-23-24-25-26-27-28-29-31-33-35-37-39-41-47(51)48-45(44-55-56(52,53)54-43-42-49(3,4)5)46(50)40-38-36-34-32-30-17-15-13-11-9-7-2/h34,36,38,40,45-46,50H,6-33,35,37,39,41-44H2,1-5H3,(H-,48,51,52,53)/p+1/b36-34+,40-38+/t45-,46+/m0/s1. The highest BCUT2D eigenvalue weighted by molar-refractivity contribution is 7.47. The van der Waals surface area contributed by atoms with E-state index >= 15 is 0 Å². The molecule has 0 aromatic heterocycles. The van der Waals surface area contributed by atoms with Gasteiger partial charge in [-0.15, -0.1) is 0 Å². The fraction of sp³-hybridized carbons (Fsp3) is 0.894. The van der Waals surface area contributed by atoms with Gasteiger partial charge in [0, 0.05) is 6.42 Å². The van der Waals surface area contributed by atoms with Crippen molar-refractivity contribution in [1.82, 2.24) is 5.32 Å². The highest BCUT2D eigenvalue weighted by Crippen LogP contribution is 2.43. The second kappa shape index (κ2) is 39.4. The van der Waals surface area contributed by atoms with Crippen LogP contribution in [-0.2, 0) is 18.4 Å². The number of carbonyl (C=O) groups is 1. The Bertz CT molecular complexity index is 969. The summed E-state index contributed by atoms with van der Waals surface area (Å²) in [6.45, 7) is 4.77. The van der Waals surface area contributed by atoms with Gasteiger partial charge >= 0.3 is 7.82 Å². The van der Waals surface area contributed by atoms with Gasteiger partial charge in [-0.05, 0) is 19.3 Å². The van der Waals surface area contributed by atoms with Crippen LogP contribution in [0.25, 0.3) is 0 Å². The van der Waals surface area contributed by atoms with Crippen LogP contribution >= 0.6 is 7.82 Å². The molecule has 1 amide bonds. The van der Waals surface area contributed by atoms with E-state index in [0.717, 1.165) is 32.1 Å². The summed E-state index contributed by atoms with van der Waals surface area (Å²) in [7, 11) is 1.55. The van der Waals surface area contributed by atoms with E-state index in [0.29, 0.717) is 17.4 Å². The van der Waals surface area contributed by atoms with Gasteiger partial charge in [0.15, 0.2) is 0 Å². The number of hydrogen-bond acceptors (Lipinski definition) is 5. The number of amides is 1. The third kappa shape index (κ3) is 41.2. The van der Waals surface area contributed by atoms with E-state index in [1.807, 2.05) is 27.2 Å². The number of rotatable bonds is 43. The molecule has 0 fully saturated rings. The number of quaternary nitrogens is 1. The summed E-state index contributed by atoms with van der Waals surface area (Å²) in [6.07, 6.45) is 47.0. The Labute approximate surface area is 347 Å². The van der Waals surface area contributed by atoms with E-state index < -0.39 is 20.0 Å². The maximum Gasteiger partial charge on any atom is 0.472 e. The summed E-state index contributed by atoms with van der Waals surface area (Å²) < 4.78 is 23.5. The number of nitrogens with one attached hydrogen (secondary N) is 1. The summed E-state index contributed by atoms with van der Waals surface area (Å²) >= 11 is 0. The van der Waals surface area contributed by atoms with Crippen LogP contribution in [0.1, 0.15) is 219 Å². The second-order valence-electron chi connectivity index (χ2n) is 17.5. The van der Waals surface area contributed by atoms with Crippen LogP contribution < -0.4 is 5.32 Å². The Kier molecular flexibility index (Phi) is 38.7. The molecule has 9 heteroatoms. The van der Waals surface area contributed by atoms with Crippen LogP contribution in [0.4, 0.5) is 0 Å². The molecule has 0 aliphatic rings. The maximum atomic E-state index is 12.9. The van der Waals surface area contributed by atoms with Crippen molar-refractivity contribution in [3.63, 3.8) is 0 Å². The van der Waals surface area contributed by atoms with Crippen molar-refractivity contribution in [2.24, 2.45) is 0 Å². The molecule has 0 aliphatic heterocycles. The highest BCUT2D eigenvalue weighted by atomic mass is 31.2. The van der Waals surface area contributed by atoms with Crippen molar-refractivity contribution in [2.45, 2.75) is 231 Å². The first-order chi connectivity index (χ1) is 27.0. The summed E-state index contributed by atoms with van der Waals surface area (Å²) in [5.41, 5.74) is 0. The monoisotopic (exact) mass is 814 g/mol. The SMILES string of the molecule is CCCCCCCCC/C=C/C=C/[C@@H](O)[C@H](COP(=O)(O)OCC[N+](C)(C)C)NC(=O)CCCCCCCCCCCCCCCCCCCCCCCCC. The number of hydrogen-bond donors (Lipinski definition) is 3. The topological polar surface area (TPSA) is 105 Å². The van der Waals surface area contributed by atoms with E-state index in [9.17, 15) is 19.4 Å². The summed E-state index contributed by atoms with van der Waals surface area (Å²) in [5, 5.41) is 13.8. The van der Waals surface area contributed by atoms with Gasteiger partial charge in [0.2, 0.25) is 5.91 Å². The molecule has 8 nitrogen and oxygen atoms in total. The lowest BCUT2D eigenvalue weighted by Crippen LogP contribution is -2.45. The number of nitrogens with zero attached hydrogens (tertiary/aromatic N) is 1. The lowest BCUT2D eigenvalue weighted by atomic mass is 10.0. The lowest BCUT2D eigenvalue weighted by molar-refractivity contribution is -0.870. The fourth-order valence-electron chi connectivity index (χ4n) is 6.92. The number of likely N-dealkylation sites (N-methyl/N-ethyl adjacent to an activating group) is 1. The molecule has 0 spiro atoms. The fourth-order valence-corrected chi connectivity index (χ4v) is 7.66. The first kappa shape index (κ1) is 55.0. The molecule has 332 valence electrons. The Hall–Kier alpha value is -1.02. The molecule has 0 heterocycles. The van der Waals surface area contributed by atoms with Crippen molar-refractivity contribution >= 4 is 13.7 Å². The number of aliphatic hydroxyl groups is 1. The molecule has 0 saturated carbocycles. The van der Waals surface area contributed by atoms with Gasteiger partial charge < -0.3 is 19.8 Å². The highest BCUT2D eigenvalue weighted by Gasteiger charge is 2.27. The molecule has 3 N–H and O–H groups in total. The van der Waals surface area contributed by atoms with E-state index in [1.165, 1.54) is 167 Å². The van der Waals surface area contributed by atoms with Crippen LogP contribution in [-0.4, -0.2) is 73.4 Å². The quantitative estimate of drug-likeness (QED) is 0.0245. The number of unbranched alkanes of at least 4 members (excludes halogenated alkanes) is 29. The molecule has 0 radical (unpaired) electrons. The van der Waals surface area contributed by atoms with Crippen molar-refractivity contribution in [1.29, 1.82) is 0 Å². The smallest absolute Gasteiger partial charge is 0.387 e. The van der Waals surface area contributed by atoms with E-state index in [4.69, 9.17) is 9.05 Å². The zero-order valence-electron chi connectivity index (χ0n) is 37.6. The van der Waals surface area contributed by atoms with Crippen molar-refractivity contribution in [3.05, 3.63) is 24.3 Å². The molecule has 0 rings (SSSR count). The Morgan fingerprint density at radius 2 is 1.00 bits per heavy atom. The van der Waals surface area contributed by atoms with Gasteiger partial charge in [-0.3, -0.25) is 13.8 Å². The van der Waals surface area contributed by atoms with E-state index in [2.05, 4.69) is 25.2 Å². The van der Waals surface area contributed by atoms with Crippen LogP contribution in [0.3, 0.4) is 0 Å². The van der Waals surface area contributed by atoms with Crippen LogP contribution in [0.2, 0.25) is 0 Å². The molecule has 0 aromatic carbocycles. The van der Waals surface area contributed by atoms with Gasteiger partial charge in [-0.2, -0.15) is 0 Å². The average molecular weight is 814 g/mol. The molecule has 0 saturated heterocycles. The van der Waals surface area contributed by atoms with E-state index in [-0.39, 0.29) is 19.1 Å². The number of phosphoric ester groups is 1. The minimum Gasteiger partial charge on any atom is -0.387 e. The van der Waals surface area contributed by atoms with Gasteiger partial charge in [0.25, 0.3) is 0 Å². The Morgan fingerprint density at radius 1 is 0.607 bits per heavy atom. The minimum atomic E-state index is -4.34. The first-order valence-corrected chi connectivity index (χ1v) is 25.2. The molecule has 0 bridgehead atoms. The molecule has 56 heavy (non-hydrogen) atoms. The van der Waals surface area contributed by atoms with Crippen LogP contribution in [0.5, 0.6) is 0 Å². The number of carbonyl (C=O) groups excluding carboxylic acids is 1. The predicted octanol–water partition coefficient (Wildman–Crippen LogP) is 13.3. The average Bonchev–Trinajstić information content (AvgIpc) is 3.15. The second-order valence-corrected chi connectivity index (χ2v) is 19.0. The molecule has 1 unspecified atom stereocenters. The molecular weight excluding hydrogens is 719 g/mol. The summed E-state index contributed by atoms with van der Waals surface area (Å²) in [5.74, 6) is -0.192. The van der Waals surface area contributed by atoms with Gasteiger partial charge in [-0.1, -0.05) is 218 Å². The summed E-state index contributed by atoms with van der Waals surface area (Å²) in [6, 6.07) is -0.873. The van der Waals surface area contributed by atoms with Gasteiger partial charge in [0.1, 0.15) is 13.2 Å². The van der Waals surface area contributed by atoms with Crippen molar-refractivity contribution in [3.8, 4) is 0 Å². The molecular formula is C47H94N2O6P+. The maximum absolute atomic E-state index is 12.9. The Morgan fingerprint density at radius 3 is 1.41 bits per heavy atom. The third-order valence-corrected chi connectivity index (χ3v) is 11.7. The molecule has 0 aliphatic carbocycles. The number of phosphoric acid groups is 1. The first-order valence-electron chi connectivity index (χ1n) is 23.7. The molecule has 0 aromatic rings. The largest absolute Gasteiger partial charge is 0.472 e.